The number of hydrogen-bond acceptors (Lipinski definition) is 2. The highest BCUT2D eigenvalue weighted by Crippen LogP contribution is 2.13. The lowest BCUT2D eigenvalue weighted by Crippen LogP contribution is -3.11. The Bertz CT molecular complexity index is 748. The second-order valence-electron chi connectivity index (χ2n) is 6.24. The average Bonchev–Trinajstić information content (AvgIpc) is 2.58. The molecule has 0 fully saturated rings. The predicted octanol–water partition coefficient (Wildman–Crippen LogP) is 2.11. The SMILES string of the molecule is CN(Cc1ccc(Cl)cc1)C(=O)C[NH+](C)CC(=O)Nc1ccc(Cl)cc1. The van der Waals surface area contributed by atoms with E-state index in [2.05, 4.69) is 5.32 Å². The number of hydrogen-bond donors (Lipinski definition) is 2. The molecule has 5 nitrogen and oxygen atoms in total. The van der Waals surface area contributed by atoms with Crippen molar-refractivity contribution in [1.29, 1.82) is 0 Å². The first-order chi connectivity index (χ1) is 12.3. The maximum Gasteiger partial charge on any atom is 0.279 e. The van der Waals surface area contributed by atoms with Crippen molar-refractivity contribution >= 4 is 40.7 Å². The molecule has 0 aliphatic rings. The summed E-state index contributed by atoms with van der Waals surface area (Å²) in [6.45, 7) is 0.932. The summed E-state index contributed by atoms with van der Waals surface area (Å²) in [6.07, 6.45) is 0. The van der Waals surface area contributed by atoms with E-state index in [0.29, 0.717) is 22.3 Å². The first kappa shape index (κ1) is 20.2. The van der Waals surface area contributed by atoms with E-state index in [4.69, 9.17) is 23.2 Å². The molecule has 0 saturated carbocycles. The van der Waals surface area contributed by atoms with Gasteiger partial charge in [0.1, 0.15) is 0 Å². The first-order valence-electron chi connectivity index (χ1n) is 8.18. The number of likely N-dealkylation sites (N-methyl/N-ethyl adjacent to an activating group) is 2. The Labute approximate surface area is 163 Å². The number of nitrogens with one attached hydrogen (secondary N) is 2. The van der Waals surface area contributed by atoms with Crippen molar-refractivity contribution in [2.24, 2.45) is 0 Å². The van der Waals surface area contributed by atoms with Crippen molar-refractivity contribution in [3.05, 3.63) is 64.1 Å². The summed E-state index contributed by atoms with van der Waals surface area (Å²) in [4.78, 5) is 26.9. The van der Waals surface area contributed by atoms with Gasteiger partial charge in [-0.1, -0.05) is 35.3 Å². The lowest BCUT2D eigenvalue weighted by atomic mass is 10.2. The Morgan fingerprint density at radius 1 is 0.962 bits per heavy atom. The number of rotatable bonds is 7. The number of carbonyl (C=O) groups excluding carboxylic acids is 2. The maximum atomic E-state index is 12.3. The zero-order valence-corrected chi connectivity index (χ0v) is 16.3. The zero-order valence-electron chi connectivity index (χ0n) is 14.8. The minimum Gasteiger partial charge on any atom is -0.337 e. The summed E-state index contributed by atoms with van der Waals surface area (Å²) in [5.74, 6) is -0.185. The van der Waals surface area contributed by atoms with Crippen LogP contribution in [0, 0.1) is 0 Å². The van der Waals surface area contributed by atoms with E-state index in [9.17, 15) is 9.59 Å². The van der Waals surface area contributed by atoms with Crippen LogP contribution in [0.3, 0.4) is 0 Å². The molecule has 0 saturated heterocycles. The Balaban J connectivity index is 1.79. The van der Waals surface area contributed by atoms with Crippen molar-refractivity contribution in [2.45, 2.75) is 6.54 Å². The van der Waals surface area contributed by atoms with Gasteiger partial charge in [0, 0.05) is 29.3 Å². The molecule has 0 bridgehead atoms. The van der Waals surface area contributed by atoms with Crippen LogP contribution in [0.1, 0.15) is 5.56 Å². The van der Waals surface area contributed by atoms with E-state index in [-0.39, 0.29) is 24.9 Å². The fourth-order valence-corrected chi connectivity index (χ4v) is 2.67. The number of carbonyl (C=O) groups is 2. The molecule has 2 aromatic carbocycles. The molecule has 0 aliphatic heterocycles. The van der Waals surface area contributed by atoms with Crippen LogP contribution in [0.25, 0.3) is 0 Å². The van der Waals surface area contributed by atoms with Gasteiger partial charge in [0.15, 0.2) is 13.1 Å². The molecule has 0 aliphatic carbocycles. The fraction of sp³-hybridized carbons (Fsp3) is 0.263. The second kappa shape index (κ2) is 9.57. The smallest absolute Gasteiger partial charge is 0.279 e. The monoisotopic (exact) mass is 394 g/mol. The van der Waals surface area contributed by atoms with Crippen molar-refractivity contribution in [3.8, 4) is 0 Å². The van der Waals surface area contributed by atoms with Gasteiger partial charge in [-0.25, -0.2) is 0 Å². The van der Waals surface area contributed by atoms with E-state index in [1.807, 2.05) is 19.2 Å². The minimum atomic E-state index is -0.155. The van der Waals surface area contributed by atoms with Crippen LogP contribution in [0.5, 0.6) is 0 Å². The summed E-state index contributed by atoms with van der Waals surface area (Å²) < 4.78 is 0. The summed E-state index contributed by atoms with van der Waals surface area (Å²) in [7, 11) is 3.56. The third kappa shape index (κ3) is 6.67. The van der Waals surface area contributed by atoms with Crippen LogP contribution in [-0.4, -0.2) is 43.9 Å². The summed E-state index contributed by atoms with van der Waals surface area (Å²) in [5, 5.41) is 4.07. The highest BCUT2D eigenvalue weighted by molar-refractivity contribution is 6.30. The van der Waals surface area contributed by atoms with Gasteiger partial charge in [-0.3, -0.25) is 9.59 Å². The molecule has 1 unspecified atom stereocenters. The normalized spacial score (nSPS) is 11.7. The quantitative estimate of drug-likeness (QED) is 0.755. The van der Waals surface area contributed by atoms with Gasteiger partial charge in [-0.2, -0.15) is 0 Å². The van der Waals surface area contributed by atoms with Gasteiger partial charge in [-0.15, -0.1) is 0 Å². The molecule has 0 aromatic heterocycles. The van der Waals surface area contributed by atoms with Crippen molar-refractivity contribution in [3.63, 3.8) is 0 Å². The Kier molecular flexibility index (Phi) is 7.45. The highest BCUT2D eigenvalue weighted by Gasteiger charge is 2.17. The molecular weight excluding hydrogens is 373 g/mol. The Hall–Kier alpha value is -2.08. The van der Waals surface area contributed by atoms with E-state index >= 15 is 0 Å². The molecule has 0 spiro atoms. The molecule has 2 rings (SSSR count). The maximum absolute atomic E-state index is 12.3. The van der Waals surface area contributed by atoms with Crippen LogP contribution in [0.15, 0.2) is 48.5 Å². The van der Waals surface area contributed by atoms with Crippen LogP contribution in [0.2, 0.25) is 10.0 Å². The average molecular weight is 395 g/mol. The van der Waals surface area contributed by atoms with E-state index < -0.39 is 0 Å². The van der Waals surface area contributed by atoms with E-state index in [0.717, 1.165) is 10.5 Å². The molecule has 2 N–H and O–H groups in total. The molecule has 138 valence electrons. The lowest BCUT2D eigenvalue weighted by molar-refractivity contribution is -0.862. The topological polar surface area (TPSA) is 53.9 Å². The fourth-order valence-electron chi connectivity index (χ4n) is 2.42. The Morgan fingerprint density at radius 2 is 1.50 bits per heavy atom. The Morgan fingerprint density at radius 3 is 2.08 bits per heavy atom. The number of halogens is 2. The van der Waals surface area contributed by atoms with E-state index in [1.54, 1.807) is 48.3 Å². The molecule has 0 radical (unpaired) electrons. The van der Waals surface area contributed by atoms with Crippen molar-refractivity contribution in [1.82, 2.24) is 4.90 Å². The standard InChI is InChI=1S/C19H21Cl2N3O2/c1-23(12-18(25)22-17-9-7-16(21)8-10-17)13-19(26)24(2)11-14-3-5-15(20)6-4-14/h3-10H,11-13H2,1-2H3,(H,22,25)/p+1. The van der Waals surface area contributed by atoms with Gasteiger partial charge < -0.3 is 15.1 Å². The first-order valence-corrected chi connectivity index (χ1v) is 8.94. The van der Waals surface area contributed by atoms with Crippen molar-refractivity contribution in [2.75, 3.05) is 32.5 Å². The van der Waals surface area contributed by atoms with Crippen LogP contribution in [0.4, 0.5) is 5.69 Å². The van der Waals surface area contributed by atoms with Crippen LogP contribution in [-0.2, 0) is 16.1 Å². The van der Waals surface area contributed by atoms with E-state index in [1.165, 1.54) is 0 Å². The minimum absolute atomic E-state index is 0.0308. The predicted molar refractivity (Wildman–Crippen MR) is 105 cm³/mol. The molecule has 1 atom stereocenters. The molecular formula is C19H22Cl2N3O2+. The molecule has 0 heterocycles. The number of quaternary nitrogens is 1. The van der Waals surface area contributed by atoms with Gasteiger partial charge in [0.2, 0.25) is 0 Å². The van der Waals surface area contributed by atoms with Gasteiger partial charge in [0.25, 0.3) is 11.8 Å². The molecule has 2 aromatic rings. The lowest BCUT2D eigenvalue weighted by Gasteiger charge is -2.20. The molecule has 7 heteroatoms. The van der Waals surface area contributed by atoms with Crippen molar-refractivity contribution < 1.29 is 14.5 Å². The summed E-state index contributed by atoms with van der Waals surface area (Å²) >= 11 is 11.7. The number of amides is 2. The molecule has 2 amide bonds. The number of anilines is 1. The summed E-state index contributed by atoms with van der Waals surface area (Å²) in [6, 6.07) is 14.3. The van der Waals surface area contributed by atoms with Crippen LogP contribution < -0.4 is 10.2 Å². The third-order valence-corrected chi connectivity index (χ3v) is 4.31. The largest absolute Gasteiger partial charge is 0.337 e. The van der Waals surface area contributed by atoms with Gasteiger partial charge in [0.05, 0.1) is 7.05 Å². The molecule has 26 heavy (non-hydrogen) atoms. The third-order valence-electron chi connectivity index (χ3n) is 3.80. The van der Waals surface area contributed by atoms with Gasteiger partial charge in [-0.05, 0) is 42.0 Å². The number of benzene rings is 2. The summed E-state index contributed by atoms with van der Waals surface area (Å²) in [5.41, 5.74) is 1.68. The van der Waals surface area contributed by atoms with Gasteiger partial charge >= 0.3 is 0 Å². The second-order valence-corrected chi connectivity index (χ2v) is 7.11. The number of nitrogens with zero attached hydrogens (tertiary/aromatic N) is 1. The highest BCUT2D eigenvalue weighted by atomic mass is 35.5. The zero-order chi connectivity index (χ0) is 19.1. The van der Waals surface area contributed by atoms with Crippen LogP contribution >= 0.6 is 23.2 Å².